The summed E-state index contributed by atoms with van der Waals surface area (Å²) in [7, 11) is 0. The van der Waals surface area contributed by atoms with Crippen LogP contribution in [0.3, 0.4) is 0 Å². The van der Waals surface area contributed by atoms with E-state index in [9.17, 15) is 4.79 Å². The number of hydrogen-bond donors (Lipinski definition) is 0. The predicted octanol–water partition coefficient (Wildman–Crippen LogP) is 2.42. The Balaban J connectivity index is 2.74. The third-order valence-corrected chi connectivity index (χ3v) is 2.00. The minimum absolute atomic E-state index is 0.526. The van der Waals surface area contributed by atoms with Crippen molar-refractivity contribution in [3.63, 3.8) is 0 Å². The van der Waals surface area contributed by atoms with Gasteiger partial charge < -0.3 is 4.74 Å². The highest BCUT2D eigenvalue weighted by Gasteiger charge is 1.89. The Kier molecular flexibility index (Phi) is 9.90. The van der Waals surface area contributed by atoms with Crippen LogP contribution in [0.15, 0.2) is 0 Å². The Labute approximate surface area is 76.4 Å². The van der Waals surface area contributed by atoms with E-state index in [0.29, 0.717) is 6.61 Å². The van der Waals surface area contributed by atoms with Gasteiger partial charge >= 0.3 is 6.47 Å². The Bertz CT molecular complexity index is 86.2. The van der Waals surface area contributed by atoms with Gasteiger partial charge in [-0.2, -0.15) is 0 Å². The lowest BCUT2D eigenvalue weighted by molar-refractivity contribution is 0.268. The minimum atomic E-state index is 0.526. The van der Waals surface area contributed by atoms with E-state index >= 15 is 0 Å². The maximum atomic E-state index is 9.59. The highest BCUT2D eigenvalue weighted by atomic mass is 79.9. The third kappa shape index (κ3) is 9.95. The van der Waals surface area contributed by atoms with Crippen LogP contribution >= 0.6 is 15.9 Å². The molecule has 0 saturated heterocycles. The first-order valence-corrected chi connectivity index (χ1v) is 5.09. The summed E-state index contributed by atoms with van der Waals surface area (Å²) in [6.07, 6.45) is 5.84. The molecule has 2 nitrogen and oxygen atoms in total. The molecule has 0 aromatic rings. The fourth-order valence-corrected chi connectivity index (χ4v) is 1.24. The summed E-state index contributed by atoms with van der Waals surface area (Å²) in [5.74, 6) is 0. The van der Waals surface area contributed by atoms with Gasteiger partial charge in [-0.1, -0.05) is 35.2 Å². The molecule has 3 heteroatoms. The van der Waals surface area contributed by atoms with E-state index in [1.165, 1.54) is 25.7 Å². The lowest BCUT2D eigenvalue weighted by Gasteiger charge is -1.97. The number of alkyl halides is 1. The molecule has 0 atom stereocenters. The SMILES string of the molecule is O=[C]OCCCCCCCBr. The number of ether oxygens (including phenoxy) is 1. The van der Waals surface area contributed by atoms with E-state index in [1.54, 1.807) is 0 Å². The summed E-state index contributed by atoms with van der Waals surface area (Å²) in [4.78, 5) is 9.59. The predicted molar refractivity (Wildman–Crippen MR) is 48.5 cm³/mol. The normalized spacial score (nSPS) is 9.55. The average Bonchev–Trinajstić information content (AvgIpc) is 2.03. The van der Waals surface area contributed by atoms with Crippen LogP contribution in [-0.2, 0) is 9.53 Å². The van der Waals surface area contributed by atoms with Crippen molar-refractivity contribution in [2.45, 2.75) is 32.1 Å². The first kappa shape index (κ1) is 11.0. The molecule has 0 aliphatic carbocycles. The molecule has 11 heavy (non-hydrogen) atoms. The van der Waals surface area contributed by atoms with Crippen LogP contribution in [0.1, 0.15) is 32.1 Å². The number of halogens is 1. The van der Waals surface area contributed by atoms with E-state index in [0.717, 1.165) is 18.2 Å². The van der Waals surface area contributed by atoms with Crippen molar-refractivity contribution in [2.24, 2.45) is 0 Å². The van der Waals surface area contributed by atoms with E-state index < -0.39 is 0 Å². The van der Waals surface area contributed by atoms with Gasteiger partial charge in [0.2, 0.25) is 0 Å². The van der Waals surface area contributed by atoms with Crippen LogP contribution in [0.4, 0.5) is 0 Å². The van der Waals surface area contributed by atoms with Gasteiger partial charge in [-0.25, -0.2) is 4.79 Å². The van der Waals surface area contributed by atoms with E-state index in [4.69, 9.17) is 0 Å². The zero-order valence-electron chi connectivity index (χ0n) is 6.64. The number of hydrogen-bond acceptors (Lipinski definition) is 2. The van der Waals surface area contributed by atoms with Crippen molar-refractivity contribution in [1.82, 2.24) is 0 Å². The Hall–Kier alpha value is -0.0500. The lowest BCUT2D eigenvalue weighted by Crippen LogP contribution is -1.91. The summed E-state index contributed by atoms with van der Waals surface area (Å²) < 4.78 is 4.43. The van der Waals surface area contributed by atoms with Gasteiger partial charge in [-0.05, 0) is 12.8 Å². The van der Waals surface area contributed by atoms with Gasteiger partial charge in [0.1, 0.15) is 0 Å². The summed E-state index contributed by atoms with van der Waals surface area (Å²) in [6.45, 7) is 1.94. The smallest absolute Gasteiger partial charge is 0.417 e. The largest absolute Gasteiger partial charge is 0.457 e. The number of unbranched alkanes of at least 4 members (excludes halogenated alkanes) is 4. The van der Waals surface area contributed by atoms with Gasteiger partial charge in [-0.15, -0.1) is 0 Å². The molecule has 0 bridgehead atoms. The Morgan fingerprint density at radius 2 is 1.73 bits per heavy atom. The molecule has 0 aromatic carbocycles. The summed E-state index contributed by atoms with van der Waals surface area (Å²) in [6, 6.07) is 0. The highest BCUT2D eigenvalue weighted by molar-refractivity contribution is 9.09. The highest BCUT2D eigenvalue weighted by Crippen LogP contribution is 2.04. The van der Waals surface area contributed by atoms with Crippen LogP contribution in [-0.4, -0.2) is 18.4 Å². The van der Waals surface area contributed by atoms with Crippen LogP contribution < -0.4 is 0 Å². The molecular formula is C8H14BrO2. The second kappa shape index (κ2) is 9.95. The van der Waals surface area contributed by atoms with E-state index in [1.807, 2.05) is 0 Å². The molecule has 65 valence electrons. The monoisotopic (exact) mass is 221 g/mol. The molecule has 0 rings (SSSR count). The average molecular weight is 222 g/mol. The summed E-state index contributed by atoms with van der Waals surface area (Å²) in [5.41, 5.74) is 0. The standard InChI is InChI=1S/C8H14BrO2/c9-6-4-2-1-3-5-7-11-8-10/h1-7H2. The summed E-state index contributed by atoms with van der Waals surface area (Å²) in [5, 5.41) is 1.09. The third-order valence-electron chi connectivity index (χ3n) is 1.44. The quantitative estimate of drug-likeness (QED) is 0.465. The molecular weight excluding hydrogens is 208 g/mol. The van der Waals surface area contributed by atoms with Gasteiger partial charge in [-0.3, -0.25) is 0 Å². The minimum Gasteiger partial charge on any atom is -0.457 e. The van der Waals surface area contributed by atoms with Crippen LogP contribution in [0.5, 0.6) is 0 Å². The Morgan fingerprint density at radius 1 is 1.09 bits per heavy atom. The molecule has 1 radical (unpaired) electrons. The van der Waals surface area contributed by atoms with Crippen molar-refractivity contribution < 1.29 is 9.53 Å². The maximum Gasteiger partial charge on any atom is 0.417 e. The first-order valence-electron chi connectivity index (χ1n) is 3.96. The number of rotatable bonds is 8. The molecule has 0 spiro atoms. The zero-order valence-corrected chi connectivity index (χ0v) is 8.23. The lowest BCUT2D eigenvalue weighted by atomic mass is 10.2. The maximum absolute atomic E-state index is 9.59. The molecule has 0 aromatic heterocycles. The molecule has 0 N–H and O–H groups in total. The topological polar surface area (TPSA) is 26.3 Å². The van der Waals surface area contributed by atoms with Crippen LogP contribution in [0, 0.1) is 0 Å². The van der Waals surface area contributed by atoms with Crippen molar-refractivity contribution in [2.75, 3.05) is 11.9 Å². The molecule has 0 amide bonds. The van der Waals surface area contributed by atoms with Gasteiger partial charge in [0.05, 0.1) is 6.61 Å². The second-order valence-electron chi connectivity index (χ2n) is 2.39. The van der Waals surface area contributed by atoms with Gasteiger partial charge in [0.15, 0.2) is 0 Å². The number of carbonyl (C=O) groups excluding carboxylic acids is 1. The molecule has 0 heterocycles. The molecule has 0 aliphatic rings. The van der Waals surface area contributed by atoms with Crippen LogP contribution in [0.2, 0.25) is 0 Å². The van der Waals surface area contributed by atoms with Crippen molar-refractivity contribution in [3.05, 3.63) is 0 Å². The molecule has 0 saturated carbocycles. The van der Waals surface area contributed by atoms with Gasteiger partial charge in [0.25, 0.3) is 0 Å². The zero-order chi connectivity index (χ0) is 8.36. The second-order valence-corrected chi connectivity index (χ2v) is 3.18. The molecule has 0 aliphatic heterocycles. The van der Waals surface area contributed by atoms with E-state index in [-0.39, 0.29) is 0 Å². The van der Waals surface area contributed by atoms with E-state index in [2.05, 4.69) is 20.7 Å². The van der Waals surface area contributed by atoms with Gasteiger partial charge in [0, 0.05) is 5.33 Å². The fourth-order valence-electron chi connectivity index (χ4n) is 0.841. The fraction of sp³-hybridized carbons (Fsp3) is 0.875. The molecule has 0 unspecified atom stereocenters. The van der Waals surface area contributed by atoms with Crippen molar-refractivity contribution >= 4 is 22.4 Å². The first-order chi connectivity index (χ1) is 5.41. The van der Waals surface area contributed by atoms with Crippen molar-refractivity contribution in [3.8, 4) is 0 Å². The summed E-state index contributed by atoms with van der Waals surface area (Å²) >= 11 is 3.37. The molecule has 0 fully saturated rings. The van der Waals surface area contributed by atoms with Crippen LogP contribution in [0.25, 0.3) is 0 Å². The van der Waals surface area contributed by atoms with Crippen molar-refractivity contribution in [1.29, 1.82) is 0 Å². The Morgan fingerprint density at radius 3 is 2.36 bits per heavy atom.